The van der Waals surface area contributed by atoms with Crippen molar-refractivity contribution >= 4 is 21.4 Å². The molecule has 0 radical (unpaired) electrons. The van der Waals surface area contributed by atoms with E-state index >= 15 is 0 Å². The van der Waals surface area contributed by atoms with Gasteiger partial charge in [-0.25, -0.2) is 8.42 Å². The molecule has 0 aromatic carbocycles. The topological polar surface area (TPSA) is 54.4 Å². The van der Waals surface area contributed by atoms with Crippen LogP contribution in [0.3, 0.4) is 0 Å². The summed E-state index contributed by atoms with van der Waals surface area (Å²) in [6.07, 6.45) is 0.824. The van der Waals surface area contributed by atoms with E-state index in [-0.39, 0.29) is 11.7 Å². The summed E-state index contributed by atoms with van der Waals surface area (Å²) in [5, 5.41) is 9.67. The number of aliphatic hydroxyl groups excluding tert-OH is 1. The molecule has 3 nitrogen and oxygen atoms in total. The quantitative estimate of drug-likeness (QED) is 0.732. The number of halogens is 1. The zero-order valence-electron chi connectivity index (χ0n) is 7.83. The smallest absolute Gasteiger partial charge is 0.171 e. The van der Waals surface area contributed by atoms with E-state index in [1.165, 1.54) is 13.8 Å². The molecule has 0 spiro atoms. The average molecular weight is 227 g/mol. The fraction of sp³-hybridized carbons (Fsp3) is 1.00. The Labute approximate surface area is 84.0 Å². The molecule has 1 aliphatic rings. The molecule has 0 unspecified atom stereocenters. The van der Waals surface area contributed by atoms with Gasteiger partial charge in [0.05, 0.1) is 6.10 Å². The Kier molecular flexibility index (Phi) is 2.95. The first kappa shape index (κ1) is 11.3. The van der Waals surface area contributed by atoms with Crippen molar-refractivity contribution in [2.75, 3.05) is 5.75 Å². The highest BCUT2D eigenvalue weighted by Crippen LogP contribution is 2.42. The maximum Gasteiger partial charge on any atom is 0.171 e. The minimum Gasteiger partial charge on any atom is -0.390 e. The molecular weight excluding hydrogens is 212 g/mol. The number of aliphatic hydroxyl groups is 1. The lowest BCUT2D eigenvalue weighted by molar-refractivity contribution is 0.137. The molecule has 78 valence electrons. The maximum atomic E-state index is 11.5. The lowest BCUT2D eigenvalue weighted by Crippen LogP contribution is -2.43. The summed E-state index contributed by atoms with van der Waals surface area (Å²) >= 11 is 5.88. The first-order valence-electron chi connectivity index (χ1n) is 4.42. The number of hydrogen-bond donors (Lipinski definition) is 1. The van der Waals surface area contributed by atoms with Gasteiger partial charge in [0, 0.05) is 5.75 Å². The van der Waals surface area contributed by atoms with Crippen LogP contribution in [0.1, 0.15) is 26.7 Å². The van der Waals surface area contributed by atoms with Crippen LogP contribution in [-0.2, 0) is 9.84 Å². The summed E-state index contributed by atoms with van der Waals surface area (Å²) in [4.78, 5) is 0. The van der Waals surface area contributed by atoms with Crippen molar-refractivity contribution in [2.45, 2.75) is 37.0 Å². The van der Waals surface area contributed by atoms with Gasteiger partial charge in [-0.1, -0.05) is 18.5 Å². The summed E-state index contributed by atoms with van der Waals surface area (Å²) in [6.45, 7) is 2.92. The summed E-state index contributed by atoms with van der Waals surface area (Å²) < 4.78 is 21.5. The number of hydrogen-bond acceptors (Lipinski definition) is 3. The standard InChI is InChI=1S/C8H15ClO3S/c1-3-13(11,12)8(2,9)7(10)6-4-5-6/h6-7,10H,3-5H2,1-2H3/t7-,8+/m0/s1. The summed E-state index contributed by atoms with van der Waals surface area (Å²) in [5.74, 6) is 0.0420. The van der Waals surface area contributed by atoms with Crippen molar-refractivity contribution in [1.82, 2.24) is 0 Å². The van der Waals surface area contributed by atoms with Crippen LogP contribution in [0.4, 0.5) is 0 Å². The van der Waals surface area contributed by atoms with Gasteiger partial charge in [0.15, 0.2) is 14.0 Å². The molecule has 1 saturated carbocycles. The number of alkyl halides is 1. The molecule has 13 heavy (non-hydrogen) atoms. The van der Waals surface area contributed by atoms with Gasteiger partial charge in [-0.2, -0.15) is 0 Å². The van der Waals surface area contributed by atoms with Crippen LogP contribution in [0, 0.1) is 5.92 Å². The van der Waals surface area contributed by atoms with Gasteiger partial charge >= 0.3 is 0 Å². The molecule has 0 bridgehead atoms. The Morgan fingerprint density at radius 3 is 2.38 bits per heavy atom. The second-order valence-electron chi connectivity index (χ2n) is 3.67. The third kappa shape index (κ3) is 2.00. The van der Waals surface area contributed by atoms with Crippen molar-refractivity contribution in [2.24, 2.45) is 5.92 Å². The highest BCUT2D eigenvalue weighted by atomic mass is 35.5. The van der Waals surface area contributed by atoms with Gasteiger partial charge in [-0.15, -0.1) is 0 Å². The zero-order chi connectivity index (χ0) is 10.3. The molecule has 0 aromatic heterocycles. The minimum atomic E-state index is -3.39. The zero-order valence-corrected chi connectivity index (χ0v) is 9.40. The second-order valence-corrected chi connectivity index (χ2v) is 7.34. The normalized spacial score (nSPS) is 25.2. The first-order valence-corrected chi connectivity index (χ1v) is 6.45. The Balaban J connectivity index is 2.85. The van der Waals surface area contributed by atoms with E-state index in [4.69, 9.17) is 11.6 Å². The van der Waals surface area contributed by atoms with Gasteiger partial charge in [-0.05, 0) is 25.7 Å². The monoisotopic (exact) mass is 226 g/mol. The van der Waals surface area contributed by atoms with E-state index in [0.29, 0.717) is 0 Å². The van der Waals surface area contributed by atoms with Crippen molar-refractivity contribution in [1.29, 1.82) is 0 Å². The summed E-state index contributed by atoms with van der Waals surface area (Å²) in [5.41, 5.74) is 0. The molecule has 0 aromatic rings. The van der Waals surface area contributed by atoms with Crippen LogP contribution in [0.15, 0.2) is 0 Å². The molecular formula is C8H15ClO3S. The number of rotatable bonds is 4. The second kappa shape index (κ2) is 3.41. The largest absolute Gasteiger partial charge is 0.390 e. The lowest BCUT2D eigenvalue weighted by atomic mass is 10.2. The van der Waals surface area contributed by atoms with Gasteiger partial charge in [-0.3, -0.25) is 0 Å². The minimum absolute atomic E-state index is 0.0310. The molecule has 1 aliphatic carbocycles. The molecule has 0 saturated heterocycles. The highest BCUT2D eigenvalue weighted by molar-refractivity contribution is 7.94. The van der Waals surface area contributed by atoms with Gasteiger partial charge in [0.25, 0.3) is 0 Å². The highest BCUT2D eigenvalue weighted by Gasteiger charge is 2.49. The van der Waals surface area contributed by atoms with E-state index in [1.807, 2.05) is 0 Å². The summed E-state index contributed by atoms with van der Waals surface area (Å²) in [7, 11) is -3.39. The van der Waals surface area contributed by atoms with Crippen molar-refractivity contribution in [3.8, 4) is 0 Å². The molecule has 0 aliphatic heterocycles. The van der Waals surface area contributed by atoms with Crippen LogP contribution in [-0.4, -0.2) is 29.6 Å². The van der Waals surface area contributed by atoms with Crippen LogP contribution in [0.25, 0.3) is 0 Å². The maximum absolute atomic E-state index is 11.5. The fourth-order valence-electron chi connectivity index (χ4n) is 1.30. The Hall–Kier alpha value is 0.200. The van der Waals surface area contributed by atoms with E-state index in [9.17, 15) is 13.5 Å². The van der Waals surface area contributed by atoms with Gasteiger partial charge in [0.2, 0.25) is 0 Å². The third-order valence-electron chi connectivity index (χ3n) is 2.58. The fourth-order valence-corrected chi connectivity index (χ4v) is 2.93. The molecule has 2 atom stereocenters. The Bertz CT molecular complexity index is 280. The van der Waals surface area contributed by atoms with E-state index < -0.39 is 20.1 Å². The van der Waals surface area contributed by atoms with Crippen LogP contribution < -0.4 is 0 Å². The van der Waals surface area contributed by atoms with Crippen LogP contribution in [0.5, 0.6) is 0 Å². The van der Waals surface area contributed by atoms with E-state index in [2.05, 4.69) is 0 Å². The average Bonchev–Trinajstić information content (AvgIpc) is 2.85. The molecule has 0 heterocycles. The van der Waals surface area contributed by atoms with Crippen molar-refractivity contribution < 1.29 is 13.5 Å². The third-order valence-corrected chi connectivity index (χ3v) is 5.73. The van der Waals surface area contributed by atoms with Gasteiger partial charge < -0.3 is 5.11 Å². The van der Waals surface area contributed by atoms with E-state index in [1.54, 1.807) is 0 Å². The molecule has 1 N–H and O–H groups in total. The predicted octanol–water partition coefficient (Wildman–Crippen LogP) is 1.15. The van der Waals surface area contributed by atoms with Crippen molar-refractivity contribution in [3.63, 3.8) is 0 Å². The lowest BCUT2D eigenvalue weighted by Gasteiger charge is -2.27. The Morgan fingerprint density at radius 2 is 2.08 bits per heavy atom. The molecule has 1 rings (SSSR count). The molecule has 0 amide bonds. The molecule has 1 fully saturated rings. The molecule has 5 heteroatoms. The van der Waals surface area contributed by atoms with Crippen LogP contribution >= 0.6 is 11.6 Å². The summed E-state index contributed by atoms with van der Waals surface area (Å²) in [6, 6.07) is 0. The van der Waals surface area contributed by atoms with Crippen LogP contribution in [0.2, 0.25) is 0 Å². The van der Waals surface area contributed by atoms with E-state index in [0.717, 1.165) is 12.8 Å². The SMILES string of the molecule is CCS(=O)(=O)[C@@](C)(Cl)[C@@H](O)C1CC1. The predicted molar refractivity (Wildman–Crippen MR) is 52.4 cm³/mol. The van der Waals surface area contributed by atoms with Crippen molar-refractivity contribution in [3.05, 3.63) is 0 Å². The first-order chi connectivity index (χ1) is 5.83. The Morgan fingerprint density at radius 1 is 1.62 bits per heavy atom. The van der Waals surface area contributed by atoms with Gasteiger partial charge in [0.1, 0.15) is 0 Å². The number of sulfone groups is 1.